The maximum atomic E-state index is 12.6. The Morgan fingerprint density at radius 1 is 1.11 bits per heavy atom. The number of methoxy groups -OCH3 is 1. The normalized spacial score (nSPS) is 15.1. The van der Waals surface area contributed by atoms with Crippen LogP contribution in [0.3, 0.4) is 0 Å². The Morgan fingerprint density at radius 2 is 1.84 bits per heavy atom. The number of nitrogens with zero attached hydrogens (tertiary/aromatic N) is 2. The molecule has 0 unspecified atom stereocenters. The van der Waals surface area contributed by atoms with Crippen molar-refractivity contribution in [2.45, 2.75) is 13.5 Å². The van der Waals surface area contributed by atoms with E-state index in [1.165, 1.54) is 23.9 Å². The van der Waals surface area contributed by atoms with Crippen molar-refractivity contribution in [2.24, 2.45) is 4.99 Å². The largest absolute Gasteiger partial charge is 0.497 e. The lowest BCUT2D eigenvalue weighted by atomic mass is 10.1. The van der Waals surface area contributed by atoms with Gasteiger partial charge in [-0.2, -0.15) is 0 Å². The van der Waals surface area contributed by atoms with Gasteiger partial charge in [0.1, 0.15) is 12.4 Å². The zero-order valence-corrected chi connectivity index (χ0v) is 22.9. The first-order valence-corrected chi connectivity index (χ1v) is 13.0. The summed E-state index contributed by atoms with van der Waals surface area (Å²) in [5.41, 5.74) is 2.29. The third-order valence-corrected chi connectivity index (χ3v) is 6.82. The molecule has 1 N–H and O–H groups in total. The molecule has 0 radical (unpaired) electrons. The van der Waals surface area contributed by atoms with Crippen LogP contribution in [0.4, 0.5) is 11.4 Å². The lowest BCUT2D eigenvalue weighted by molar-refractivity contribution is -0.384. The van der Waals surface area contributed by atoms with Crippen molar-refractivity contribution < 1.29 is 23.9 Å². The van der Waals surface area contributed by atoms with Gasteiger partial charge in [-0.1, -0.05) is 0 Å². The van der Waals surface area contributed by atoms with Crippen LogP contribution in [0.5, 0.6) is 17.2 Å². The van der Waals surface area contributed by atoms with Gasteiger partial charge in [0, 0.05) is 12.1 Å². The van der Waals surface area contributed by atoms with Crippen LogP contribution in [0.25, 0.3) is 6.08 Å². The summed E-state index contributed by atoms with van der Waals surface area (Å²) < 4.78 is 17.8. The first kappa shape index (κ1) is 26.5. The van der Waals surface area contributed by atoms with Crippen molar-refractivity contribution >= 4 is 62.9 Å². The molecule has 3 aromatic rings. The van der Waals surface area contributed by atoms with E-state index in [1.54, 1.807) is 37.5 Å². The van der Waals surface area contributed by atoms with Crippen LogP contribution in [0.1, 0.15) is 18.1 Å². The van der Waals surface area contributed by atoms with Crippen molar-refractivity contribution in [1.29, 1.82) is 0 Å². The molecule has 1 heterocycles. The molecule has 1 saturated heterocycles. The van der Waals surface area contributed by atoms with Crippen LogP contribution in [-0.2, 0) is 11.4 Å². The number of nitro benzene ring substituents is 1. The van der Waals surface area contributed by atoms with Gasteiger partial charge in [0.2, 0.25) is 0 Å². The number of aliphatic imine (C=N–C) groups is 1. The summed E-state index contributed by atoms with van der Waals surface area (Å²) in [6, 6.07) is 17.1. The fraction of sp³-hybridized carbons (Fsp3) is 0.154. The molecule has 0 bridgehead atoms. The first-order chi connectivity index (χ1) is 17.9. The van der Waals surface area contributed by atoms with Gasteiger partial charge >= 0.3 is 0 Å². The Bertz CT molecular complexity index is 1370. The number of rotatable bonds is 9. The SMILES string of the molecule is CCOc1cc(/C=C2/SC(=Nc3ccc(OC)cc3)NC2=O)cc(I)c1OCc1ccc([N+](=O)[O-])cc1. The number of ether oxygens (including phenoxy) is 3. The Kier molecular flexibility index (Phi) is 8.66. The highest BCUT2D eigenvalue weighted by molar-refractivity contribution is 14.1. The second-order valence-corrected chi connectivity index (χ2v) is 9.85. The van der Waals surface area contributed by atoms with E-state index in [0.29, 0.717) is 33.9 Å². The number of amides is 1. The molecule has 0 saturated carbocycles. The summed E-state index contributed by atoms with van der Waals surface area (Å²) in [7, 11) is 1.60. The van der Waals surface area contributed by atoms with E-state index in [-0.39, 0.29) is 18.2 Å². The average Bonchev–Trinajstić information content (AvgIpc) is 3.22. The molecule has 1 aliphatic heterocycles. The Hall–Kier alpha value is -3.58. The molecule has 3 aromatic carbocycles. The highest BCUT2D eigenvalue weighted by atomic mass is 127. The second kappa shape index (κ2) is 12.1. The van der Waals surface area contributed by atoms with E-state index in [2.05, 4.69) is 32.9 Å². The van der Waals surface area contributed by atoms with Crippen molar-refractivity contribution in [3.8, 4) is 17.2 Å². The van der Waals surface area contributed by atoms with Crippen LogP contribution in [0.15, 0.2) is 70.6 Å². The molecule has 11 heteroatoms. The van der Waals surface area contributed by atoms with Crippen LogP contribution >= 0.6 is 34.4 Å². The molecule has 190 valence electrons. The maximum absolute atomic E-state index is 12.6. The predicted molar refractivity (Wildman–Crippen MR) is 152 cm³/mol. The molecule has 0 aliphatic carbocycles. The van der Waals surface area contributed by atoms with Gasteiger partial charge in [0.25, 0.3) is 11.6 Å². The van der Waals surface area contributed by atoms with Gasteiger partial charge in [-0.15, -0.1) is 0 Å². The number of hydrogen-bond donors (Lipinski definition) is 1. The van der Waals surface area contributed by atoms with Crippen LogP contribution in [0.2, 0.25) is 0 Å². The molecule has 0 aromatic heterocycles. The highest BCUT2D eigenvalue weighted by Crippen LogP contribution is 2.37. The molecular formula is C26H22IN3O6S. The molecular weight excluding hydrogens is 609 g/mol. The summed E-state index contributed by atoms with van der Waals surface area (Å²) >= 11 is 3.41. The monoisotopic (exact) mass is 631 g/mol. The highest BCUT2D eigenvalue weighted by Gasteiger charge is 2.24. The minimum Gasteiger partial charge on any atom is -0.497 e. The van der Waals surface area contributed by atoms with Crippen molar-refractivity contribution in [3.63, 3.8) is 0 Å². The summed E-state index contributed by atoms with van der Waals surface area (Å²) in [6.45, 7) is 2.52. The predicted octanol–water partition coefficient (Wildman–Crippen LogP) is 6.08. The van der Waals surface area contributed by atoms with E-state index >= 15 is 0 Å². The van der Waals surface area contributed by atoms with Crippen LogP contribution in [-0.4, -0.2) is 29.7 Å². The summed E-state index contributed by atoms with van der Waals surface area (Å²) in [5, 5.41) is 14.1. The second-order valence-electron chi connectivity index (χ2n) is 7.65. The van der Waals surface area contributed by atoms with Crippen LogP contribution < -0.4 is 19.5 Å². The average molecular weight is 631 g/mol. The summed E-state index contributed by atoms with van der Waals surface area (Å²) in [5.74, 6) is 1.60. The number of nitrogens with one attached hydrogen (secondary N) is 1. The van der Waals surface area contributed by atoms with E-state index in [0.717, 1.165) is 20.4 Å². The zero-order valence-electron chi connectivity index (χ0n) is 19.9. The molecule has 1 aliphatic rings. The minimum atomic E-state index is -0.440. The standard InChI is InChI=1S/C26H22IN3O6S/c1-3-35-22-13-17(12-21(27)24(22)36-15-16-4-8-19(9-5-16)30(32)33)14-23-25(31)29-26(37-23)28-18-6-10-20(34-2)11-7-18/h4-14H,3,15H2,1-2H3,(H,28,29,31)/b23-14+. The maximum Gasteiger partial charge on any atom is 0.269 e. The van der Waals surface area contributed by atoms with Crippen molar-refractivity contribution in [3.05, 3.63) is 90.4 Å². The molecule has 1 fully saturated rings. The number of hydrogen-bond acceptors (Lipinski definition) is 8. The first-order valence-electron chi connectivity index (χ1n) is 11.1. The third kappa shape index (κ3) is 6.80. The number of nitro groups is 1. The molecule has 37 heavy (non-hydrogen) atoms. The minimum absolute atomic E-state index is 0.0248. The topological polar surface area (TPSA) is 112 Å². The molecule has 1 amide bonds. The van der Waals surface area contributed by atoms with Gasteiger partial charge in [0.15, 0.2) is 16.7 Å². The number of non-ortho nitro benzene ring substituents is 1. The number of thioether (sulfide) groups is 1. The van der Waals surface area contributed by atoms with Gasteiger partial charge < -0.3 is 19.5 Å². The van der Waals surface area contributed by atoms with E-state index in [1.807, 2.05) is 31.2 Å². The van der Waals surface area contributed by atoms with Gasteiger partial charge in [-0.3, -0.25) is 14.9 Å². The van der Waals surface area contributed by atoms with E-state index in [4.69, 9.17) is 14.2 Å². The number of carbonyl (C=O) groups excluding carboxylic acids is 1. The number of carbonyl (C=O) groups is 1. The fourth-order valence-corrected chi connectivity index (χ4v) is 4.97. The fourth-order valence-electron chi connectivity index (χ4n) is 3.35. The smallest absolute Gasteiger partial charge is 0.269 e. The van der Waals surface area contributed by atoms with Gasteiger partial charge in [0.05, 0.1) is 32.8 Å². The quantitative estimate of drug-likeness (QED) is 0.132. The molecule has 0 spiro atoms. The number of amidine groups is 1. The lowest BCUT2D eigenvalue weighted by Crippen LogP contribution is -2.19. The number of benzene rings is 3. The molecule has 0 atom stereocenters. The molecule has 4 rings (SSSR count). The Balaban J connectivity index is 1.52. The lowest BCUT2D eigenvalue weighted by Gasteiger charge is -2.15. The number of halogens is 1. The summed E-state index contributed by atoms with van der Waals surface area (Å²) in [4.78, 5) is 28.0. The van der Waals surface area contributed by atoms with Crippen molar-refractivity contribution in [1.82, 2.24) is 5.32 Å². The zero-order chi connectivity index (χ0) is 26.4. The molecule has 9 nitrogen and oxygen atoms in total. The van der Waals surface area contributed by atoms with E-state index < -0.39 is 4.92 Å². The van der Waals surface area contributed by atoms with E-state index in [9.17, 15) is 14.9 Å². The Morgan fingerprint density at radius 3 is 2.49 bits per heavy atom. The van der Waals surface area contributed by atoms with Gasteiger partial charge in [-0.25, -0.2) is 4.99 Å². The van der Waals surface area contributed by atoms with Crippen molar-refractivity contribution in [2.75, 3.05) is 13.7 Å². The summed E-state index contributed by atoms with van der Waals surface area (Å²) in [6.07, 6.45) is 1.78. The van der Waals surface area contributed by atoms with Crippen LogP contribution in [0, 0.1) is 13.7 Å². The Labute approximate surface area is 231 Å². The van der Waals surface area contributed by atoms with Gasteiger partial charge in [-0.05, 0) is 107 Å². The third-order valence-electron chi connectivity index (χ3n) is 5.11.